The van der Waals surface area contributed by atoms with E-state index in [0.29, 0.717) is 17.6 Å². The van der Waals surface area contributed by atoms with Crippen LogP contribution in [0.1, 0.15) is 51.2 Å². The first-order valence-corrected chi connectivity index (χ1v) is 7.21. The molecule has 0 aliphatic heterocycles. The summed E-state index contributed by atoms with van der Waals surface area (Å²) in [7, 11) is 1.70. The van der Waals surface area contributed by atoms with E-state index < -0.39 is 11.2 Å². The van der Waals surface area contributed by atoms with Crippen LogP contribution in [0, 0.1) is 5.92 Å². The van der Waals surface area contributed by atoms with Crippen molar-refractivity contribution in [1.29, 1.82) is 0 Å². The molecule has 20 heavy (non-hydrogen) atoms. The van der Waals surface area contributed by atoms with Gasteiger partial charge in [0.25, 0.3) is 0 Å². The fraction of sp³-hybridized carbons (Fsp3) is 0.857. The summed E-state index contributed by atoms with van der Waals surface area (Å²) in [5.74, 6) is 1.71. The van der Waals surface area contributed by atoms with Crippen molar-refractivity contribution in [3.8, 4) is 0 Å². The van der Waals surface area contributed by atoms with Gasteiger partial charge in [-0.3, -0.25) is 0 Å². The molecule has 2 rings (SSSR count). The van der Waals surface area contributed by atoms with Gasteiger partial charge in [-0.05, 0) is 38.5 Å². The molecule has 1 unspecified atom stereocenters. The van der Waals surface area contributed by atoms with Gasteiger partial charge in [0.05, 0.1) is 12.0 Å². The number of aliphatic hydroxyl groups is 1. The van der Waals surface area contributed by atoms with Crippen LogP contribution in [-0.2, 0) is 16.8 Å². The molecule has 1 aliphatic carbocycles. The normalized spacial score (nSPS) is 30.1. The highest BCUT2D eigenvalue weighted by atomic mass is 16.5. The molecule has 0 spiro atoms. The first-order chi connectivity index (χ1) is 9.41. The predicted octanol–water partition coefficient (Wildman–Crippen LogP) is 1.37. The maximum absolute atomic E-state index is 9.97. The maximum Gasteiger partial charge on any atom is 0.229 e. The van der Waals surface area contributed by atoms with E-state index in [1.807, 2.05) is 0 Å². The Bertz CT molecular complexity index is 437. The Balaban J connectivity index is 2.14. The summed E-state index contributed by atoms with van der Waals surface area (Å²) in [6.45, 7) is 4.06. The van der Waals surface area contributed by atoms with E-state index in [2.05, 4.69) is 17.1 Å². The van der Waals surface area contributed by atoms with Crippen LogP contribution < -0.4 is 5.73 Å². The van der Waals surface area contributed by atoms with E-state index >= 15 is 0 Å². The van der Waals surface area contributed by atoms with Crippen molar-refractivity contribution < 1.29 is 14.4 Å². The summed E-state index contributed by atoms with van der Waals surface area (Å²) in [6, 6.07) is 0. The fourth-order valence-corrected chi connectivity index (χ4v) is 2.66. The summed E-state index contributed by atoms with van der Waals surface area (Å²) in [6.07, 6.45) is 4.25. The van der Waals surface area contributed by atoms with E-state index in [9.17, 15) is 5.11 Å². The molecule has 0 saturated heterocycles. The van der Waals surface area contributed by atoms with Crippen molar-refractivity contribution in [2.24, 2.45) is 11.7 Å². The molecule has 1 fully saturated rings. The van der Waals surface area contributed by atoms with Crippen molar-refractivity contribution in [2.75, 3.05) is 13.7 Å². The number of methoxy groups -OCH3 is 1. The monoisotopic (exact) mass is 283 g/mol. The molecule has 1 saturated carbocycles. The van der Waals surface area contributed by atoms with E-state index in [-0.39, 0.29) is 13.0 Å². The van der Waals surface area contributed by atoms with Crippen molar-refractivity contribution in [1.82, 2.24) is 10.1 Å². The SMILES string of the molecule is COC1(c2noc(CC(C)(O)CN)n2)CCC(C)CC1. The third-order valence-corrected chi connectivity index (χ3v) is 4.32. The minimum atomic E-state index is -1.02. The number of rotatable bonds is 5. The van der Waals surface area contributed by atoms with Gasteiger partial charge in [-0.15, -0.1) is 0 Å². The van der Waals surface area contributed by atoms with E-state index in [1.165, 1.54) is 0 Å². The third kappa shape index (κ3) is 3.19. The van der Waals surface area contributed by atoms with Crippen molar-refractivity contribution in [3.05, 3.63) is 11.7 Å². The first-order valence-electron chi connectivity index (χ1n) is 7.21. The Kier molecular flexibility index (Phi) is 4.46. The van der Waals surface area contributed by atoms with Gasteiger partial charge in [0.15, 0.2) is 0 Å². The highest BCUT2D eigenvalue weighted by Crippen LogP contribution is 2.40. The van der Waals surface area contributed by atoms with Crippen molar-refractivity contribution in [3.63, 3.8) is 0 Å². The Hall–Kier alpha value is -0.980. The summed E-state index contributed by atoms with van der Waals surface area (Å²) in [4.78, 5) is 4.42. The van der Waals surface area contributed by atoms with Gasteiger partial charge in [-0.1, -0.05) is 12.1 Å². The molecule has 1 aliphatic rings. The second-order valence-corrected chi connectivity index (χ2v) is 6.27. The largest absolute Gasteiger partial charge is 0.388 e. The molecule has 0 bridgehead atoms. The van der Waals surface area contributed by atoms with Gasteiger partial charge in [0, 0.05) is 13.7 Å². The Labute approximate surface area is 119 Å². The lowest BCUT2D eigenvalue weighted by molar-refractivity contribution is -0.0609. The van der Waals surface area contributed by atoms with E-state index in [0.717, 1.165) is 25.7 Å². The zero-order valence-corrected chi connectivity index (χ0v) is 12.6. The lowest BCUT2D eigenvalue weighted by Crippen LogP contribution is -2.37. The van der Waals surface area contributed by atoms with Crippen molar-refractivity contribution in [2.45, 2.75) is 57.2 Å². The lowest BCUT2D eigenvalue weighted by atomic mass is 9.79. The molecule has 0 amide bonds. The quantitative estimate of drug-likeness (QED) is 0.847. The average molecular weight is 283 g/mol. The summed E-state index contributed by atoms with van der Waals surface area (Å²) >= 11 is 0. The summed E-state index contributed by atoms with van der Waals surface area (Å²) in [5.41, 5.74) is 4.04. The topological polar surface area (TPSA) is 94.4 Å². The van der Waals surface area contributed by atoms with Crippen LogP contribution in [-0.4, -0.2) is 34.5 Å². The van der Waals surface area contributed by atoms with Gasteiger partial charge in [0.2, 0.25) is 11.7 Å². The molecule has 1 aromatic rings. The van der Waals surface area contributed by atoms with Gasteiger partial charge in [-0.25, -0.2) is 0 Å². The summed E-state index contributed by atoms with van der Waals surface area (Å²) < 4.78 is 11.0. The number of aromatic nitrogens is 2. The molecule has 1 aromatic heterocycles. The van der Waals surface area contributed by atoms with Gasteiger partial charge < -0.3 is 20.1 Å². The van der Waals surface area contributed by atoms with Gasteiger partial charge in [-0.2, -0.15) is 4.98 Å². The van der Waals surface area contributed by atoms with E-state index in [4.69, 9.17) is 15.0 Å². The van der Waals surface area contributed by atoms with Crippen molar-refractivity contribution >= 4 is 0 Å². The van der Waals surface area contributed by atoms with E-state index in [1.54, 1.807) is 14.0 Å². The molecule has 3 N–H and O–H groups in total. The molecular formula is C14H25N3O3. The van der Waals surface area contributed by atoms with Gasteiger partial charge >= 0.3 is 0 Å². The van der Waals surface area contributed by atoms with Gasteiger partial charge in [0.1, 0.15) is 5.60 Å². The highest BCUT2D eigenvalue weighted by molar-refractivity contribution is 5.05. The van der Waals surface area contributed by atoms with Crippen LogP contribution in [0.3, 0.4) is 0 Å². The molecular weight excluding hydrogens is 258 g/mol. The highest BCUT2D eigenvalue weighted by Gasteiger charge is 2.40. The van der Waals surface area contributed by atoms with Crippen LogP contribution in [0.5, 0.6) is 0 Å². The molecule has 114 valence electrons. The number of nitrogens with two attached hydrogens (primary N) is 1. The first kappa shape index (κ1) is 15.4. The zero-order valence-electron chi connectivity index (χ0n) is 12.6. The molecule has 0 radical (unpaired) electrons. The zero-order chi connectivity index (χ0) is 14.8. The molecule has 6 heteroatoms. The second-order valence-electron chi connectivity index (χ2n) is 6.27. The number of nitrogens with zero attached hydrogens (tertiary/aromatic N) is 2. The second kappa shape index (κ2) is 5.79. The van der Waals surface area contributed by atoms with Crippen LogP contribution >= 0.6 is 0 Å². The smallest absolute Gasteiger partial charge is 0.229 e. The third-order valence-electron chi connectivity index (χ3n) is 4.32. The summed E-state index contributed by atoms with van der Waals surface area (Å²) in [5, 5.41) is 14.0. The predicted molar refractivity (Wildman–Crippen MR) is 74.0 cm³/mol. The number of hydrogen-bond donors (Lipinski definition) is 2. The average Bonchev–Trinajstić information content (AvgIpc) is 2.88. The molecule has 0 aromatic carbocycles. The Morgan fingerprint density at radius 1 is 1.50 bits per heavy atom. The molecule has 1 heterocycles. The molecule has 1 atom stereocenters. The molecule has 6 nitrogen and oxygen atoms in total. The van der Waals surface area contributed by atoms with Crippen LogP contribution in [0.15, 0.2) is 4.52 Å². The standard InChI is InChI=1S/C14H25N3O3/c1-10-4-6-14(19-3,7-5-10)12-16-11(20-17-12)8-13(2,18)9-15/h10,18H,4-9,15H2,1-3H3. The minimum absolute atomic E-state index is 0.150. The maximum atomic E-state index is 9.97. The van der Waals surface area contributed by atoms with Crippen LogP contribution in [0.4, 0.5) is 0 Å². The Morgan fingerprint density at radius 2 is 2.15 bits per heavy atom. The minimum Gasteiger partial charge on any atom is -0.388 e. The fourth-order valence-electron chi connectivity index (χ4n) is 2.66. The number of hydrogen-bond acceptors (Lipinski definition) is 6. The van der Waals surface area contributed by atoms with Crippen LogP contribution in [0.25, 0.3) is 0 Å². The van der Waals surface area contributed by atoms with Crippen LogP contribution in [0.2, 0.25) is 0 Å². The number of ether oxygens (including phenoxy) is 1. The Morgan fingerprint density at radius 3 is 2.70 bits per heavy atom. The lowest BCUT2D eigenvalue weighted by Gasteiger charge is -2.35.